The molecule has 0 atom stereocenters. The molecule has 3 rings (SSSR count). The number of nitrogens with one attached hydrogen (secondary N) is 1. The molecule has 0 unspecified atom stereocenters. The maximum Gasteiger partial charge on any atom is 0.332 e. The van der Waals surface area contributed by atoms with Crippen LogP contribution in [0.1, 0.15) is 28.0 Å². The predicted octanol–water partition coefficient (Wildman–Crippen LogP) is 1.94. The molecule has 0 saturated carbocycles. The Labute approximate surface area is 168 Å². The van der Waals surface area contributed by atoms with Crippen LogP contribution in [0.25, 0.3) is 11.0 Å². The molecule has 0 radical (unpaired) electrons. The number of anilines is 1. The van der Waals surface area contributed by atoms with Gasteiger partial charge in [0.25, 0.3) is 11.5 Å². The number of rotatable bonds is 6. The van der Waals surface area contributed by atoms with Crippen LogP contribution in [0.5, 0.6) is 0 Å². The largest absolute Gasteiger partial charge is 0.385 e. The highest BCUT2D eigenvalue weighted by Crippen LogP contribution is 2.21. The minimum absolute atomic E-state index is 0.329. The average Bonchev–Trinajstić information content (AvgIpc) is 3.08. The summed E-state index contributed by atoms with van der Waals surface area (Å²) < 4.78 is 9.30. The maximum absolute atomic E-state index is 13.1. The summed E-state index contributed by atoms with van der Waals surface area (Å²) in [5.41, 5.74) is 2.66. The molecule has 0 spiro atoms. The van der Waals surface area contributed by atoms with Gasteiger partial charge in [-0.15, -0.1) is 0 Å². The summed E-state index contributed by atoms with van der Waals surface area (Å²) in [6, 6.07) is 7.26. The van der Waals surface area contributed by atoms with Gasteiger partial charge in [0.05, 0.1) is 5.39 Å². The van der Waals surface area contributed by atoms with Crippen LogP contribution in [0.3, 0.4) is 0 Å². The monoisotopic (exact) mass is 398 g/mol. The van der Waals surface area contributed by atoms with Crippen LogP contribution >= 0.6 is 0 Å². The predicted molar refractivity (Wildman–Crippen MR) is 113 cm³/mol. The SMILES string of the molecule is COCCCn1c(C(=O)Nc2cccc(C)c2C)cc2c(=O)n(C)c(=O)n(C)c21. The number of hydrogen-bond acceptors (Lipinski definition) is 4. The molecule has 1 aromatic carbocycles. The summed E-state index contributed by atoms with van der Waals surface area (Å²) in [5.74, 6) is -0.332. The molecule has 8 nitrogen and oxygen atoms in total. The first-order valence-electron chi connectivity index (χ1n) is 9.43. The summed E-state index contributed by atoms with van der Waals surface area (Å²) in [4.78, 5) is 38.2. The summed E-state index contributed by atoms with van der Waals surface area (Å²) in [6.07, 6.45) is 0.632. The van der Waals surface area contributed by atoms with Gasteiger partial charge in [0.15, 0.2) is 0 Å². The summed E-state index contributed by atoms with van der Waals surface area (Å²) in [6.45, 7) is 4.86. The van der Waals surface area contributed by atoms with Crippen molar-refractivity contribution < 1.29 is 9.53 Å². The number of hydrogen-bond donors (Lipinski definition) is 1. The fraction of sp³-hybridized carbons (Fsp3) is 0.381. The van der Waals surface area contributed by atoms with Crippen molar-refractivity contribution in [3.8, 4) is 0 Å². The lowest BCUT2D eigenvalue weighted by Gasteiger charge is -2.14. The molecular weight excluding hydrogens is 372 g/mol. The molecule has 0 aliphatic rings. The van der Waals surface area contributed by atoms with Gasteiger partial charge < -0.3 is 14.6 Å². The normalized spacial score (nSPS) is 11.2. The molecule has 2 heterocycles. The van der Waals surface area contributed by atoms with Crippen molar-refractivity contribution in [2.75, 3.05) is 19.0 Å². The number of carbonyl (C=O) groups is 1. The molecule has 29 heavy (non-hydrogen) atoms. The van der Waals surface area contributed by atoms with Crippen molar-refractivity contribution in [1.82, 2.24) is 13.7 Å². The van der Waals surface area contributed by atoms with Crippen molar-refractivity contribution in [2.45, 2.75) is 26.8 Å². The number of aryl methyl sites for hydroxylation is 3. The molecule has 0 aliphatic carbocycles. The smallest absolute Gasteiger partial charge is 0.332 e. The van der Waals surface area contributed by atoms with Crippen LogP contribution in [-0.4, -0.2) is 33.3 Å². The number of aromatic nitrogens is 3. The van der Waals surface area contributed by atoms with Crippen LogP contribution in [-0.2, 0) is 25.4 Å². The van der Waals surface area contributed by atoms with Gasteiger partial charge in [-0.25, -0.2) is 4.79 Å². The molecule has 8 heteroatoms. The third kappa shape index (κ3) is 3.63. The maximum atomic E-state index is 13.1. The van der Waals surface area contributed by atoms with Crippen molar-refractivity contribution in [3.63, 3.8) is 0 Å². The van der Waals surface area contributed by atoms with Crippen LogP contribution < -0.4 is 16.6 Å². The van der Waals surface area contributed by atoms with Gasteiger partial charge in [0.1, 0.15) is 11.3 Å². The van der Waals surface area contributed by atoms with E-state index in [-0.39, 0.29) is 5.91 Å². The highest BCUT2D eigenvalue weighted by Gasteiger charge is 2.21. The minimum atomic E-state index is -0.435. The first kappa shape index (κ1) is 20.6. The van der Waals surface area contributed by atoms with E-state index in [0.717, 1.165) is 15.7 Å². The number of carbonyl (C=O) groups excluding carboxylic acids is 1. The molecule has 1 N–H and O–H groups in total. The molecular formula is C21H26N4O4. The van der Waals surface area contributed by atoms with Crippen molar-refractivity contribution in [2.24, 2.45) is 14.1 Å². The molecule has 154 valence electrons. The second kappa shape index (κ2) is 8.08. The zero-order valence-corrected chi connectivity index (χ0v) is 17.4. The fourth-order valence-corrected chi connectivity index (χ4v) is 3.50. The Bertz CT molecular complexity index is 1200. The lowest BCUT2D eigenvalue weighted by Crippen LogP contribution is -2.37. The van der Waals surface area contributed by atoms with Crippen LogP contribution in [0.2, 0.25) is 0 Å². The average molecular weight is 398 g/mol. The fourth-order valence-electron chi connectivity index (χ4n) is 3.50. The second-order valence-corrected chi connectivity index (χ2v) is 7.17. The van der Waals surface area contributed by atoms with Crippen molar-refractivity contribution in [3.05, 3.63) is 61.9 Å². The lowest BCUT2D eigenvalue weighted by molar-refractivity contribution is 0.101. The Kier molecular flexibility index (Phi) is 5.74. The Balaban J connectivity index is 2.16. The first-order chi connectivity index (χ1) is 13.8. The summed E-state index contributed by atoms with van der Waals surface area (Å²) in [5, 5.41) is 3.27. The van der Waals surface area contributed by atoms with Crippen LogP contribution in [0.15, 0.2) is 33.9 Å². The van der Waals surface area contributed by atoms with E-state index in [1.807, 2.05) is 32.0 Å². The summed E-state index contributed by atoms with van der Waals surface area (Å²) in [7, 11) is 4.64. The van der Waals surface area contributed by atoms with Gasteiger partial charge in [0, 0.05) is 40.0 Å². The van der Waals surface area contributed by atoms with Gasteiger partial charge in [0.2, 0.25) is 0 Å². The highest BCUT2D eigenvalue weighted by atomic mass is 16.5. The van der Waals surface area contributed by atoms with Crippen LogP contribution in [0, 0.1) is 13.8 Å². The van der Waals surface area contributed by atoms with Gasteiger partial charge in [-0.2, -0.15) is 0 Å². The van der Waals surface area contributed by atoms with E-state index in [2.05, 4.69) is 5.32 Å². The van der Waals surface area contributed by atoms with Gasteiger partial charge >= 0.3 is 5.69 Å². The van der Waals surface area contributed by atoms with Gasteiger partial charge in [-0.05, 0) is 43.5 Å². The molecule has 3 aromatic rings. The topological polar surface area (TPSA) is 87.3 Å². The number of benzene rings is 1. The number of methoxy groups -OCH3 is 1. The van der Waals surface area contributed by atoms with E-state index in [9.17, 15) is 14.4 Å². The summed E-state index contributed by atoms with van der Waals surface area (Å²) >= 11 is 0. The molecule has 0 aliphatic heterocycles. The molecule has 0 bridgehead atoms. The van der Waals surface area contributed by atoms with E-state index in [4.69, 9.17) is 4.74 Å². The van der Waals surface area contributed by atoms with Crippen LogP contribution in [0.4, 0.5) is 5.69 Å². The number of ether oxygens (including phenoxy) is 1. The Morgan fingerprint density at radius 3 is 2.55 bits per heavy atom. The second-order valence-electron chi connectivity index (χ2n) is 7.17. The number of nitrogens with zero attached hydrogens (tertiary/aromatic N) is 3. The molecule has 0 fully saturated rings. The first-order valence-corrected chi connectivity index (χ1v) is 9.43. The minimum Gasteiger partial charge on any atom is -0.385 e. The quantitative estimate of drug-likeness (QED) is 0.643. The van der Waals surface area contributed by atoms with E-state index in [1.165, 1.54) is 11.6 Å². The Morgan fingerprint density at radius 2 is 1.86 bits per heavy atom. The van der Waals surface area contributed by atoms with E-state index < -0.39 is 11.2 Å². The zero-order chi connectivity index (χ0) is 21.3. The van der Waals surface area contributed by atoms with Gasteiger partial charge in [-0.1, -0.05) is 12.1 Å². The van der Waals surface area contributed by atoms with Gasteiger partial charge in [-0.3, -0.25) is 18.7 Å². The van der Waals surface area contributed by atoms with E-state index in [0.29, 0.717) is 42.0 Å². The third-order valence-corrected chi connectivity index (χ3v) is 5.31. The number of fused-ring (bicyclic) bond motifs is 1. The Morgan fingerprint density at radius 1 is 1.14 bits per heavy atom. The third-order valence-electron chi connectivity index (χ3n) is 5.31. The molecule has 2 aromatic heterocycles. The molecule has 0 saturated heterocycles. The van der Waals surface area contributed by atoms with Crippen molar-refractivity contribution in [1.29, 1.82) is 0 Å². The van der Waals surface area contributed by atoms with E-state index in [1.54, 1.807) is 24.8 Å². The zero-order valence-electron chi connectivity index (χ0n) is 17.4. The Hall–Kier alpha value is -3.13. The molecule has 1 amide bonds. The van der Waals surface area contributed by atoms with E-state index >= 15 is 0 Å². The lowest BCUT2D eigenvalue weighted by atomic mass is 10.1. The van der Waals surface area contributed by atoms with Crippen molar-refractivity contribution >= 4 is 22.6 Å². The highest BCUT2D eigenvalue weighted by molar-refractivity contribution is 6.06. The standard InChI is InChI=1S/C21H26N4O4/c1-13-8-6-9-16(14(13)2)22-18(26)17-12-15-19(25(17)10-7-11-29-5)23(3)21(28)24(4)20(15)27/h6,8-9,12H,7,10-11H2,1-5H3,(H,22,26). The number of amides is 1.